The Morgan fingerprint density at radius 3 is 1.13 bits per heavy atom. The van der Waals surface area contributed by atoms with E-state index in [9.17, 15) is 14.7 Å². The summed E-state index contributed by atoms with van der Waals surface area (Å²) in [5, 5.41) is 9.54. The van der Waals surface area contributed by atoms with Crippen LogP contribution < -0.4 is 4.90 Å². The predicted octanol–water partition coefficient (Wildman–Crippen LogP) is 12.1. The maximum atomic E-state index is 12.4. The van der Waals surface area contributed by atoms with E-state index in [-0.39, 0.29) is 12.7 Å². The molecular formula is C45H90NO7+. The minimum Gasteiger partial charge on any atom is -0.434 e. The summed E-state index contributed by atoms with van der Waals surface area (Å²) >= 11 is 0. The molecule has 8 heteroatoms. The van der Waals surface area contributed by atoms with Crippen LogP contribution in [0.25, 0.3) is 0 Å². The molecule has 0 aromatic heterocycles. The molecule has 53 heavy (non-hydrogen) atoms. The molecule has 0 aromatic rings. The molecule has 0 radical (unpaired) electrons. The summed E-state index contributed by atoms with van der Waals surface area (Å²) in [5.41, 5.74) is 0. The highest BCUT2D eigenvalue weighted by atomic mass is 16.7. The molecule has 0 aliphatic rings. The second-order valence-corrected chi connectivity index (χ2v) is 15.6. The third-order valence-corrected chi connectivity index (χ3v) is 10.5. The molecule has 2 unspecified atom stereocenters. The number of hydrogen-bond donors (Lipinski definition) is 2. The third-order valence-electron chi connectivity index (χ3n) is 10.5. The third kappa shape index (κ3) is 40.0. The molecule has 0 bridgehead atoms. The van der Waals surface area contributed by atoms with Gasteiger partial charge < -0.3 is 29.0 Å². The molecule has 2 atom stereocenters. The molecule has 316 valence electrons. The van der Waals surface area contributed by atoms with Crippen LogP contribution in [0.4, 0.5) is 9.59 Å². The molecule has 0 saturated heterocycles. The van der Waals surface area contributed by atoms with Gasteiger partial charge >= 0.3 is 12.3 Å². The number of aliphatic hydroxyl groups excluding tert-OH is 1. The van der Waals surface area contributed by atoms with Crippen molar-refractivity contribution in [3.05, 3.63) is 0 Å². The van der Waals surface area contributed by atoms with Crippen LogP contribution in [-0.2, 0) is 18.9 Å². The van der Waals surface area contributed by atoms with Crippen LogP contribution in [0.1, 0.15) is 226 Å². The number of carbonyl (C=O) groups is 2. The molecule has 0 amide bonds. The molecule has 0 saturated carbocycles. The monoisotopic (exact) mass is 757 g/mol. The van der Waals surface area contributed by atoms with E-state index in [4.69, 9.17) is 18.9 Å². The van der Waals surface area contributed by atoms with Gasteiger partial charge in [-0.15, -0.1) is 0 Å². The number of aliphatic hydroxyl groups is 1. The second-order valence-electron chi connectivity index (χ2n) is 15.6. The first-order chi connectivity index (χ1) is 26.1. The maximum absolute atomic E-state index is 12.4. The Kier molecular flexibility index (Phi) is 41.9. The van der Waals surface area contributed by atoms with E-state index in [1.807, 2.05) is 0 Å². The summed E-state index contributed by atoms with van der Waals surface area (Å²) in [5.74, 6) is 0. The van der Waals surface area contributed by atoms with E-state index >= 15 is 0 Å². The lowest BCUT2D eigenvalue weighted by Gasteiger charge is -2.18. The Morgan fingerprint density at radius 1 is 0.415 bits per heavy atom. The van der Waals surface area contributed by atoms with E-state index in [2.05, 4.69) is 20.8 Å². The Hall–Kier alpha value is -1.54. The van der Waals surface area contributed by atoms with Crippen molar-refractivity contribution in [3.8, 4) is 0 Å². The lowest BCUT2D eigenvalue weighted by molar-refractivity contribution is -0.901. The summed E-state index contributed by atoms with van der Waals surface area (Å²) < 4.78 is 21.6. The van der Waals surface area contributed by atoms with Gasteiger partial charge in [0.15, 0.2) is 0 Å². The van der Waals surface area contributed by atoms with Gasteiger partial charge in [0.05, 0.1) is 39.5 Å². The Balaban J connectivity index is 3.84. The number of unbranched alkanes of at least 4 members (excludes halogenated alkanes) is 25. The van der Waals surface area contributed by atoms with Gasteiger partial charge in [-0.25, -0.2) is 9.59 Å². The zero-order valence-corrected chi connectivity index (χ0v) is 35.6. The van der Waals surface area contributed by atoms with Gasteiger partial charge in [0.2, 0.25) is 0 Å². The predicted molar refractivity (Wildman–Crippen MR) is 221 cm³/mol. The fourth-order valence-electron chi connectivity index (χ4n) is 7.03. The summed E-state index contributed by atoms with van der Waals surface area (Å²) in [6.07, 6.45) is 36.7. The Bertz CT molecular complexity index is 752. The molecular weight excluding hydrogens is 666 g/mol. The minimum absolute atomic E-state index is 0.00123. The van der Waals surface area contributed by atoms with Crippen molar-refractivity contribution >= 4 is 12.3 Å². The highest BCUT2D eigenvalue weighted by molar-refractivity contribution is 5.60. The first-order valence-corrected chi connectivity index (χ1v) is 23.1. The van der Waals surface area contributed by atoms with E-state index in [0.29, 0.717) is 19.8 Å². The smallest absolute Gasteiger partial charge is 0.434 e. The average molecular weight is 757 g/mol. The molecule has 0 aliphatic carbocycles. The average Bonchev–Trinajstić information content (AvgIpc) is 3.15. The zero-order chi connectivity index (χ0) is 38.7. The largest absolute Gasteiger partial charge is 0.508 e. The molecule has 0 spiro atoms. The standard InChI is InChI=1S/C45H89NO7/c1-4-7-10-13-14-15-16-21-28-35-43(34-27-12-9-6-3)53-45(49)52-42-33-26-20-18-23-30-37-46(38-39-47)36-29-22-17-19-25-32-41-51-44(48)50-40-31-24-11-8-5-2/h43,47H,4-42H2,1-3H3/p+1. The molecule has 2 N–H and O–H groups in total. The first kappa shape index (κ1) is 51.5. The molecule has 0 aromatic carbocycles. The maximum Gasteiger partial charge on any atom is 0.508 e. The van der Waals surface area contributed by atoms with Crippen molar-refractivity contribution in [2.75, 3.05) is 46.1 Å². The van der Waals surface area contributed by atoms with Crippen LogP contribution in [0, 0.1) is 0 Å². The zero-order valence-electron chi connectivity index (χ0n) is 35.6. The Morgan fingerprint density at radius 2 is 0.736 bits per heavy atom. The number of hydrogen-bond acceptors (Lipinski definition) is 7. The highest BCUT2D eigenvalue weighted by Crippen LogP contribution is 2.18. The fourth-order valence-corrected chi connectivity index (χ4v) is 7.03. The van der Waals surface area contributed by atoms with Crippen molar-refractivity contribution in [2.24, 2.45) is 0 Å². The molecule has 0 aliphatic heterocycles. The number of carbonyl (C=O) groups excluding carboxylic acids is 2. The minimum atomic E-state index is -0.521. The fraction of sp³-hybridized carbons (Fsp3) is 0.956. The lowest BCUT2D eigenvalue weighted by atomic mass is 10.0. The van der Waals surface area contributed by atoms with E-state index in [0.717, 1.165) is 96.7 Å². The number of quaternary nitrogens is 1. The number of ether oxygens (including phenoxy) is 4. The second kappa shape index (κ2) is 43.2. The van der Waals surface area contributed by atoms with E-state index in [1.54, 1.807) is 0 Å². The summed E-state index contributed by atoms with van der Waals surface area (Å²) in [6, 6.07) is 0. The van der Waals surface area contributed by atoms with Crippen LogP contribution in [0.15, 0.2) is 0 Å². The normalized spacial score (nSPS) is 12.5. The summed E-state index contributed by atoms with van der Waals surface area (Å²) in [4.78, 5) is 25.6. The highest BCUT2D eigenvalue weighted by Gasteiger charge is 2.15. The SMILES string of the molecule is CCCCCCCCCCCC(CCCCCC)OC(=O)OCCCCCCCC[NH+](CCO)CCCCCCCCOC(=O)OCCCCCCC. The first-order valence-electron chi connectivity index (χ1n) is 23.1. The van der Waals surface area contributed by atoms with Gasteiger partial charge in [-0.2, -0.15) is 0 Å². The van der Waals surface area contributed by atoms with Gasteiger partial charge in [0, 0.05) is 0 Å². The summed E-state index contributed by atoms with van der Waals surface area (Å²) in [7, 11) is 0. The Labute approximate surface area is 328 Å². The van der Waals surface area contributed by atoms with Crippen molar-refractivity contribution in [1.82, 2.24) is 0 Å². The molecule has 0 fully saturated rings. The van der Waals surface area contributed by atoms with Crippen LogP contribution in [0.3, 0.4) is 0 Å². The van der Waals surface area contributed by atoms with Gasteiger partial charge in [-0.1, -0.05) is 156 Å². The van der Waals surface area contributed by atoms with Crippen molar-refractivity contribution in [1.29, 1.82) is 0 Å². The van der Waals surface area contributed by atoms with E-state index in [1.165, 1.54) is 133 Å². The topological polar surface area (TPSA) is 95.7 Å². The van der Waals surface area contributed by atoms with Crippen LogP contribution in [0.2, 0.25) is 0 Å². The van der Waals surface area contributed by atoms with Crippen molar-refractivity contribution in [2.45, 2.75) is 232 Å². The lowest BCUT2D eigenvalue weighted by Crippen LogP contribution is -3.12. The quantitative estimate of drug-likeness (QED) is 0.0473. The van der Waals surface area contributed by atoms with Crippen LogP contribution >= 0.6 is 0 Å². The molecule has 8 nitrogen and oxygen atoms in total. The van der Waals surface area contributed by atoms with Gasteiger partial charge in [0.1, 0.15) is 12.6 Å². The van der Waals surface area contributed by atoms with Crippen molar-refractivity contribution < 1.29 is 38.5 Å². The van der Waals surface area contributed by atoms with Gasteiger partial charge in [-0.05, 0) is 70.6 Å². The van der Waals surface area contributed by atoms with Crippen molar-refractivity contribution in [3.63, 3.8) is 0 Å². The number of nitrogens with one attached hydrogen (secondary N) is 1. The molecule has 0 rings (SSSR count). The van der Waals surface area contributed by atoms with Gasteiger partial charge in [0.25, 0.3) is 0 Å². The number of rotatable bonds is 42. The van der Waals surface area contributed by atoms with E-state index < -0.39 is 12.3 Å². The van der Waals surface area contributed by atoms with Crippen LogP contribution in [-0.4, -0.2) is 69.6 Å². The summed E-state index contributed by atoms with van der Waals surface area (Å²) in [6.45, 7) is 11.4. The molecule has 0 heterocycles. The van der Waals surface area contributed by atoms with Gasteiger partial charge in [-0.3, -0.25) is 0 Å². The van der Waals surface area contributed by atoms with Crippen LogP contribution in [0.5, 0.6) is 0 Å².